The van der Waals surface area contributed by atoms with E-state index in [1.165, 1.54) is 0 Å². The van der Waals surface area contributed by atoms with Gasteiger partial charge in [-0.25, -0.2) is 0 Å². The number of Topliss-reactive ketones (excluding diaryl/α,β-unsaturated/α-hetero) is 2. The van der Waals surface area contributed by atoms with Gasteiger partial charge in [0.05, 0.1) is 0 Å². The van der Waals surface area contributed by atoms with E-state index in [-0.39, 0.29) is 5.41 Å². The van der Waals surface area contributed by atoms with E-state index in [2.05, 4.69) is 40.7 Å². The summed E-state index contributed by atoms with van der Waals surface area (Å²) in [4.78, 5) is 26.3. The maximum Gasteiger partial charge on any atom is 0.234 e. The maximum absolute atomic E-state index is 12.6. The molecule has 0 bridgehead atoms. The zero-order valence-corrected chi connectivity index (χ0v) is 15.6. The van der Waals surface area contributed by atoms with Crippen molar-refractivity contribution in [3.63, 3.8) is 0 Å². The molecule has 1 aliphatic rings. The third-order valence-corrected chi connectivity index (χ3v) is 5.23. The lowest BCUT2D eigenvalue weighted by molar-refractivity contribution is 0.0815. The van der Waals surface area contributed by atoms with Crippen molar-refractivity contribution in [2.24, 2.45) is 0 Å². The predicted octanol–water partition coefficient (Wildman–Crippen LogP) is 5.53. The van der Waals surface area contributed by atoms with Gasteiger partial charge >= 0.3 is 0 Å². The molecule has 0 atom stereocenters. The van der Waals surface area contributed by atoms with E-state index in [0.717, 1.165) is 21.6 Å². The number of thioether (sulfide) groups is 1. The van der Waals surface area contributed by atoms with Crippen molar-refractivity contribution in [1.82, 2.24) is 0 Å². The highest BCUT2D eigenvalue weighted by atomic mass is 32.2. The van der Waals surface area contributed by atoms with E-state index >= 15 is 0 Å². The summed E-state index contributed by atoms with van der Waals surface area (Å²) >= 11 is 1.70. The topological polar surface area (TPSA) is 34.1 Å². The van der Waals surface area contributed by atoms with Gasteiger partial charge in [-0.3, -0.25) is 9.59 Å². The third kappa shape index (κ3) is 2.93. The molecular formula is C21H22O2S. The largest absolute Gasteiger partial charge is 0.285 e. The molecule has 0 saturated carbocycles. The molecule has 1 aliphatic carbocycles. The molecule has 0 spiro atoms. The average Bonchev–Trinajstić information content (AvgIpc) is 2.50. The number of carbonyl (C=O) groups is 2. The van der Waals surface area contributed by atoms with Crippen LogP contribution < -0.4 is 0 Å². The van der Waals surface area contributed by atoms with Crippen molar-refractivity contribution in [2.45, 2.75) is 50.2 Å². The summed E-state index contributed by atoms with van der Waals surface area (Å²) in [7, 11) is 0. The van der Waals surface area contributed by atoms with Crippen molar-refractivity contribution < 1.29 is 9.59 Å². The lowest BCUT2D eigenvalue weighted by atomic mass is 9.79. The van der Waals surface area contributed by atoms with Crippen LogP contribution in [0.1, 0.15) is 60.9 Å². The molecular weight excluding hydrogens is 316 g/mol. The number of benzene rings is 2. The molecule has 0 radical (unpaired) electrons. The van der Waals surface area contributed by atoms with Crippen molar-refractivity contribution in [3.05, 3.63) is 53.1 Å². The summed E-state index contributed by atoms with van der Waals surface area (Å²) in [6, 6.07) is 11.8. The van der Waals surface area contributed by atoms with Gasteiger partial charge in [0, 0.05) is 21.3 Å². The first kappa shape index (κ1) is 17.0. The fourth-order valence-corrected chi connectivity index (χ4v) is 3.85. The Morgan fingerprint density at radius 3 is 1.88 bits per heavy atom. The van der Waals surface area contributed by atoms with Crippen molar-refractivity contribution >= 4 is 23.3 Å². The van der Waals surface area contributed by atoms with Crippen LogP contribution in [0.25, 0.3) is 11.1 Å². The Morgan fingerprint density at radius 1 is 0.792 bits per heavy atom. The van der Waals surface area contributed by atoms with Gasteiger partial charge in [0.2, 0.25) is 11.6 Å². The number of ketones is 2. The Kier molecular flexibility index (Phi) is 4.16. The van der Waals surface area contributed by atoms with Crippen LogP contribution >= 0.6 is 11.8 Å². The Hall–Kier alpha value is -1.87. The normalized spacial score (nSPS) is 13.9. The standard InChI is InChI=1S/C21H22O2S/c1-12(2)24-14-7-9-16-15-8-6-13(21(3,4)5)10-17(15)19(22)20(23)18(16)11-14/h6-12H,1-5H3. The molecule has 124 valence electrons. The third-order valence-electron chi connectivity index (χ3n) is 4.23. The number of fused-ring (bicyclic) bond motifs is 3. The van der Waals surface area contributed by atoms with Gasteiger partial charge in [-0.1, -0.05) is 52.8 Å². The van der Waals surface area contributed by atoms with Crippen molar-refractivity contribution in [3.8, 4) is 11.1 Å². The van der Waals surface area contributed by atoms with Crippen LogP contribution in [0.4, 0.5) is 0 Å². The summed E-state index contributed by atoms with van der Waals surface area (Å²) in [6.45, 7) is 10.5. The second-order valence-corrected chi connectivity index (χ2v) is 9.19. The molecule has 0 heterocycles. The van der Waals surface area contributed by atoms with Crippen LogP contribution in [0.2, 0.25) is 0 Å². The summed E-state index contributed by atoms with van der Waals surface area (Å²) in [5.74, 6) is -0.787. The van der Waals surface area contributed by atoms with E-state index in [0.29, 0.717) is 16.4 Å². The van der Waals surface area contributed by atoms with Crippen LogP contribution in [0.5, 0.6) is 0 Å². The van der Waals surface area contributed by atoms with Gasteiger partial charge in [0.1, 0.15) is 0 Å². The summed E-state index contributed by atoms with van der Waals surface area (Å²) in [5.41, 5.74) is 3.80. The van der Waals surface area contributed by atoms with Crippen LogP contribution in [-0.2, 0) is 5.41 Å². The minimum absolute atomic E-state index is 0.0591. The van der Waals surface area contributed by atoms with Crippen molar-refractivity contribution in [2.75, 3.05) is 0 Å². The second-order valence-electron chi connectivity index (χ2n) is 7.54. The summed E-state index contributed by atoms with van der Waals surface area (Å²) in [5, 5.41) is 0.430. The van der Waals surface area contributed by atoms with Gasteiger partial charge in [-0.05, 0) is 40.3 Å². The smallest absolute Gasteiger partial charge is 0.234 e. The average molecular weight is 338 g/mol. The van der Waals surface area contributed by atoms with E-state index in [4.69, 9.17) is 0 Å². The zero-order chi connectivity index (χ0) is 17.6. The second kappa shape index (κ2) is 5.89. The van der Waals surface area contributed by atoms with Gasteiger partial charge in [0.25, 0.3) is 0 Å². The predicted molar refractivity (Wildman–Crippen MR) is 100 cm³/mol. The first-order valence-corrected chi connectivity index (χ1v) is 9.11. The van der Waals surface area contributed by atoms with E-state index in [9.17, 15) is 9.59 Å². The van der Waals surface area contributed by atoms with E-state index in [1.807, 2.05) is 30.3 Å². The molecule has 2 nitrogen and oxygen atoms in total. The molecule has 0 aromatic heterocycles. The first-order chi connectivity index (χ1) is 11.2. The Balaban J connectivity index is 2.16. The number of hydrogen-bond donors (Lipinski definition) is 0. The SMILES string of the molecule is CC(C)Sc1ccc2c(c1)C(=O)C(=O)c1cc(C(C)(C)C)ccc1-2. The first-order valence-electron chi connectivity index (χ1n) is 8.23. The summed E-state index contributed by atoms with van der Waals surface area (Å²) < 4.78 is 0. The van der Waals surface area contributed by atoms with Crippen molar-refractivity contribution in [1.29, 1.82) is 0 Å². The molecule has 0 fully saturated rings. The van der Waals surface area contributed by atoms with Crippen LogP contribution in [0.15, 0.2) is 41.3 Å². The molecule has 0 aliphatic heterocycles. The lowest BCUT2D eigenvalue weighted by Crippen LogP contribution is -2.22. The van der Waals surface area contributed by atoms with Gasteiger partial charge in [0.15, 0.2) is 0 Å². The Bertz CT molecular complexity index is 841. The fraction of sp³-hybridized carbons (Fsp3) is 0.333. The van der Waals surface area contributed by atoms with Crippen LogP contribution in [0.3, 0.4) is 0 Å². The molecule has 2 aromatic rings. The number of carbonyl (C=O) groups excluding carboxylic acids is 2. The monoisotopic (exact) mass is 338 g/mol. The highest BCUT2D eigenvalue weighted by Crippen LogP contribution is 2.38. The Labute approximate surface area is 147 Å². The molecule has 0 amide bonds. The van der Waals surface area contributed by atoms with E-state index in [1.54, 1.807) is 11.8 Å². The van der Waals surface area contributed by atoms with Crippen LogP contribution in [0, 0.1) is 0 Å². The van der Waals surface area contributed by atoms with E-state index < -0.39 is 11.6 Å². The molecule has 24 heavy (non-hydrogen) atoms. The molecule has 2 aromatic carbocycles. The molecule has 0 saturated heterocycles. The minimum atomic E-state index is -0.394. The Morgan fingerprint density at radius 2 is 1.33 bits per heavy atom. The maximum atomic E-state index is 12.6. The summed E-state index contributed by atoms with van der Waals surface area (Å²) in [6.07, 6.45) is 0. The molecule has 3 rings (SSSR count). The van der Waals surface area contributed by atoms with Gasteiger partial charge < -0.3 is 0 Å². The zero-order valence-electron chi connectivity index (χ0n) is 14.8. The fourth-order valence-electron chi connectivity index (χ4n) is 2.97. The molecule has 3 heteroatoms. The molecule has 0 unspecified atom stereocenters. The van der Waals surface area contributed by atoms with Crippen LogP contribution in [-0.4, -0.2) is 16.8 Å². The van der Waals surface area contributed by atoms with Gasteiger partial charge in [-0.2, -0.15) is 0 Å². The number of rotatable bonds is 2. The molecule has 0 N–H and O–H groups in total. The van der Waals surface area contributed by atoms with Gasteiger partial charge in [-0.15, -0.1) is 11.8 Å². The highest BCUT2D eigenvalue weighted by molar-refractivity contribution is 7.99. The minimum Gasteiger partial charge on any atom is -0.285 e. The highest BCUT2D eigenvalue weighted by Gasteiger charge is 2.31. The number of hydrogen-bond acceptors (Lipinski definition) is 3. The lowest BCUT2D eigenvalue weighted by Gasteiger charge is -2.24. The quantitative estimate of drug-likeness (QED) is 0.533.